The predicted octanol–water partition coefficient (Wildman–Crippen LogP) is 2.91. The molecule has 0 aromatic heterocycles. The van der Waals surface area contributed by atoms with Crippen LogP contribution in [0.4, 0.5) is 4.39 Å². The number of piperidine rings is 1. The quantitative estimate of drug-likeness (QED) is 0.839. The van der Waals surface area contributed by atoms with E-state index in [4.69, 9.17) is 0 Å². The molecule has 1 unspecified atom stereocenters. The van der Waals surface area contributed by atoms with Crippen LogP contribution in [0.15, 0.2) is 24.3 Å². The summed E-state index contributed by atoms with van der Waals surface area (Å²) < 4.78 is 13.7. The third kappa shape index (κ3) is 5.34. The lowest BCUT2D eigenvalue weighted by Crippen LogP contribution is -2.36. The normalized spacial score (nSPS) is 18.8. The second kappa shape index (κ2) is 8.61. The van der Waals surface area contributed by atoms with Gasteiger partial charge in [0.2, 0.25) is 0 Å². The van der Waals surface area contributed by atoms with E-state index in [0.717, 1.165) is 25.6 Å². The van der Waals surface area contributed by atoms with Crippen LogP contribution >= 0.6 is 0 Å². The van der Waals surface area contributed by atoms with E-state index in [1.54, 1.807) is 18.2 Å². The zero-order valence-corrected chi connectivity index (χ0v) is 13.8. The number of nitrogens with zero attached hydrogens (tertiary/aromatic N) is 2. The fourth-order valence-corrected chi connectivity index (χ4v) is 3.24. The molecule has 1 atom stereocenters. The third-order valence-electron chi connectivity index (χ3n) is 4.62. The van der Waals surface area contributed by atoms with Crippen molar-refractivity contribution in [2.75, 3.05) is 40.3 Å². The molecular formula is C18H29FN2O. The van der Waals surface area contributed by atoms with Crippen LogP contribution in [0.1, 0.15) is 37.4 Å². The van der Waals surface area contributed by atoms with E-state index in [1.165, 1.54) is 31.7 Å². The zero-order valence-electron chi connectivity index (χ0n) is 13.8. The summed E-state index contributed by atoms with van der Waals surface area (Å²) >= 11 is 0. The van der Waals surface area contributed by atoms with Gasteiger partial charge in [0.25, 0.3) is 0 Å². The van der Waals surface area contributed by atoms with Gasteiger partial charge >= 0.3 is 0 Å². The minimum Gasteiger partial charge on any atom is -0.387 e. The molecule has 124 valence electrons. The Morgan fingerprint density at radius 2 is 1.95 bits per heavy atom. The van der Waals surface area contributed by atoms with Crippen LogP contribution in [-0.2, 0) is 0 Å². The van der Waals surface area contributed by atoms with Crippen LogP contribution in [0.5, 0.6) is 0 Å². The highest BCUT2D eigenvalue weighted by Crippen LogP contribution is 2.24. The molecule has 1 heterocycles. The van der Waals surface area contributed by atoms with Gasteiger partial charge in [-0.3, -0.25) is 0 Å². The second-order valence-electron chi connectivity index (χ2n) is 6.73. The first-order valence-corrected chi connectivity index (χ1v) is 8.36. The minimum atomic E-state index is -0.730. The maximum absolute atomic E-state index is 13.7. The first-order valence-electron chi connectivity index (χ1n) is 8.36. The van der Waals surface area contributed by atoms with E-state index in [9.17, 15) is 9.50 Å². The Labute approximate surface area is 133 Å². The first-order chi connectivity index (χ1) is 10.6. The third-order valence-corrected chi connectivity index (χ3v) is 4.62. The summed E-state index contributed by atoms with van der Waals surface area (Å²) in [5, 5.41) is 10.2. The number of aliphatic hydroxyl groups is 1. The molecule has 0 amide bonds. The van der Waals surface area contributed by atoms with Crippen LogP contribution in [0.2, 0.25) is 0 Å². The van der Waals surface area contributed by atoms with E-state index >= 15 is 0 Å². The number of aliphatic hydroxyl groups excluding tert-OH is 1. The first kappa shape index (κ1) is 17.4. The Kier molecular flexibility index (Phi) is 6.80. The fraction of sp³-hybridized carbons (Fsp3) is 0.667. The molecule has 1 N–H and O–H groups in total. The van der Waals surface area contributed by atoms with Crippen molar-refractivity contribution >= 4 is 0 Å². The Morgan fingerprint density at radius 1 is 1.27 bits per heavy atom. The van der Waals surface area contributed by atoms with Gasteiger partial charge in [0.1, 0.15) is 5.82 Å². The van der Waals surface area contributed by atoms with E-state index < -0.39 is 6.10 Å². The van der Waals surface area contributed by atoms with Gasteiger partial charge in [-0.1, -0.05) is 18.2 Å². The predicted molar refractivity (Wildman–Crippen MR) is 88.3 cm³/mol. The smallest absolute Gasteiger partial charge is 0.129 e. The van der Waals surface area contributed by atoms with Gasteiger partial charge in [0, 0.05) is 12.1 Å². The molecule has 1 saturated heterocycles. The lowest BCUT2D eigenvalue weighted by atomic mass is 9.92. The van der Waals surface area contributed by atoms with E-state index in [0.29, 0.717) is 12.1 Å². The molecule has 22 heavy (non-hydrogen) atoms. The van der Waals surface area contributed by atoms with Crippen LogP contribution in [0.25, 0.3) is 0 Å². The lowest BCUT2D eigenvalue weighted by molar-refractivity contribution is 0.0852. The Morgan fingerprint density at radius 3 is 2.59 bits per heavy atom. The molecule has 3 nitrogen and oxygen atoms in total. The number of β-amino-alcohol motifs (C(OH)–C–C–N with tert-alkyl or cyclic N) is 1. The summed E-state index contributed by atoms with van der Waals surface area (Å²) in [5.74, 6) is 0.496. The lowest BCUT2D eigenvalue weighted by Gasteiger charge is -2.33. The largest absolute Gasteiger partial charge is 0.387 e. The highest BCUT2D eigenvalue weighted by Gasteiger charge is 2.22. The van der Waals surface area contributed by atoms with Crippen molar-refractivity contribution < 1.29 is 9.50 Å². The number of halogens is 1. The van der Waals surface area contributed by atoms with Crippen molar-refractivity contribution in [3.8, 4) is 0 Å². The molecule has 4 heteroatoms. The van der Waals surface area contributed by atoms with Gasteiger partial charge in [-0.05, 0) is 71.4 Å². The number of rotatable bonds is 7. The number of likely N-dealkylation sites (tertiary alicyclic amines) is 1. The van der Waals surface area contributed by atoms with Crippen molar-refractivity contribution in [1.82, 2.24) is 9.80 Å². The maximum atomic E-state index is 13.7. The summed E-state index contributed by atoms with van der Waals surface area (Å²) in [6.07, 6.45) is 4.21. The van der Waals surface area contributed by atoms with Gasteiger partial charge < -0.3 is 14.9 Å². The van der Waals surface area contributed by atoms with Gasteiger partial charge in [0.15, 0.2) is 0 Å². The molecular weight excluding hydrogens is 279 g/mol. The minimum absolute atomic E-state index is 0.312. The molecule has 1 fully saturated rings. The molecule has 0 aliphatic carbocycles. The van der Waals surface area contributed by atoms with Gasteiger partial charge in [-0.15, -0.1) is 0 Å². The van der Waals surface area contributed by atoms with E-state index in [1.807, 2.05) is 0 Å². The standard InChI is InChI=1S/C18H29FN2O/c1-20(2)11-5-6-15-9-12-21(13-10-15)14-18(22)16-7-3-4-8-17(16)19/h3-4,7-8,15,18,22H,5-6,9-14H2,1-2H3. The maximum Gasteiger partial charge on any atom is 0.129 e. The highest BCUT2D eigenvalue weighted by molar-refractivity contribution is 5.20. The molecule has 1 aliphatic heterocycles. The van der Waals surface area contributed by atoms with Crippen molar-refractivity contribution in [3.63, 3.8) is 0 Å². The number of hydrogen-bond donors (Lipinski definition) is 1. The Balaban J connectivity index is 1.72. The second-order valence-corrected chi connectivity index (χ2v) is 6.73. The van der Waals surface area contributed by atoms with Crippen LogP contribution < -0.4 is 0 Å². The molecule has 0 radical (unpaired) electrons. The summed E-state index contributed by atoms with van der Waals surface area (Å²) in [6, 6.07) is 6.52. The average molecular weight is 308 g/mol. The van der Waals surface area contributed by atoms with E-state index in [-0.39, 0.29) is 5.82 Å². The van der Waals surface area contributed by atoms with Gasteiger partial charge in [-0.2, -0.15) is 0 Å². The molecule has 0 spiro atoms. The average Bonchev–Trinajstić information content (AvgIpc) is 2.49. The molecule has 2 rings (SSSR count). The molecule has 0 bridgehead atoms. The number of hydrogen-bond acceptors (Lipinski definition) is 3. The monoisotopic (exact) mass is 308 g/mol. The summed E-state index contributed by atoms with van der Waals surface area (Å²) in [6.45, 7) is 3.72. The zero-order chi connectivity index (χ0) is 15.9. The van der Waals surface area contributed by atoms with E-state index in [2.05, 4.69) is 23.9 Å². The SMILES string of the molecule is CN(C)CCCC1CCN(CC(O)c2ccccc2F)CC1. The van der Waals surface area contributed by atoms with Gasteiger partial charge in [0.05, 0.1) is 6.10 Å². The summed E-state index contributed by atoms with van der Waals surface area (Å²) in [4.78, 5) is 4.50. The fourth-order valence-electron chi connectivity index (χ4n) is 3.24. The molecule has 0 saturated carbocycles. The van der Waals surface area contributed by atoms with Crippen molar-refractivity contribution in [3.05, 3.63) is 35.6 Å². The Bertz CT molecular complexity index is 444. The summed E-state index contributed by atoms with van der Waals surface area (Å²) in [5.41, 5.74) is 0.413. The van der Waals surface area contributed by atoms with Crippen LogP contribution in [0, 0.1) is 11.7 Å². The highest BCUT2D eigenvalue weighted by atomic mass is 19.1. The van der Waals surface area contributed by atoms with Crippen molar-refractivity contribution in [2.24, 2.45) is 5.92 Å². The van der Waals surface area contributed by atoms with Crippen LogP contribution in [-0.4, -0.2) is 55.2 Å². The molecule has 1 aromatic carbocycles. The van der Waals surface area contributed by atoms with Crippen molar-refractivity contribution in [2.45, 2.75) is 31.8 Å². The van der Waals surface area contributed by atoms with Crippen LogP contribution in [0.3, 0.4) is 0 Å². The topological polar surface area (TPSA) is 26.7 Å². The Hall–Kier alpha value is -0.970. The van der Waals surface area contributed by atoms with Gasteiger partial charge in [-0.25, -0.2) is 4.39 Å². The molecule has 1 aliphatic rings. The summed E-state index contributed by atoms with van der Waals surface area (Å²) in [7, 11) is 4.24. The number of benzene rings is 1. The molecule has 1 aromatic rings. The van der Waals surface area contributed by atoms with Crippen molar-refractivity contribution in [1.29, 1.82) is 0 Å².